The molecule has 0 aliphatic heterocycles. The molecule has 1 aromatic heterocycles. The summed E-state index contributed by atoms with van der Waals surface area (Å²) in [5.41, 5.74) is -3.45. The number of esters is 1. The summed E-state index contributed by atoms with van der Waals surface area (Å²) in [4.78, 5) is 83.9. The highest BCUT2D eigenvalue weighted by Gasteiger charge is 2.35. The Morgan fingerprint density at radius 1 is 1.04 bits per heavy atom. The highest BCUT2D eigenvalue weighted by atomic mass is 35.5. The molecule has 0 saturated heterocycles. The van der Waals surface area contributed by atoms with Crippen LogP contribution in [0.15, 0.2) is 39.9 Å². The predicted molar refractivity (Wildman–Crippen MR) is 198 cm³/mol. The van der Waals surface area contributed by atoms with Gasteiger partial charge in [0.1, 0.15) is 5.69 Å². The Hall–Kier alpha value is -5.15. The van der Waals surface area contributed by atoms with Gasteiger partial charge in [0, 0.05) is 30.8 Å². The highest BCUT2D eigenvalue weighted by Crippen LogP contribution is 2.39. The van der Waals surface area contributed by atoms with Crippen molar-refractivity contribution in [3.8, 4) is 5.69 Å². The van der Waals surface area contributed by atoms with Gasteiger partial charge in [-0.1, -0.05) is 25.4 Å². The number of rotatable bonds is 13. The lowest BCUT2D eigenvalue weighted by Gasteiger charge is -2.17. The zero-order valence-corrected chi connectivity index (χ0v) is 32.7. The Kier molecular flexibility index (Phi) is 18.0. The molecule has 0 amide bonds. The summed E-state index contributed by atoms with van der Waals surface area (Å²) in [5, 5.41) is 35.5. The minimum atomic E-state index is -4.86. The number of carbonyl (C=O) groups is 2. The minimum absolute atomic E-state index is 0.0104. The number of anilines is 1. The quantitative estimate of drug-likeness (QED) is 0.0633. The molecule has 56 heavy (non-hydrogen) atoms. The molecule has 0 unspecified atom stereocenters. The molecule has 5 N–H and O–H groups in total. The van der Waals surface area contributed by atoms with E-state index in [2.05, 4.69) is 10.6 Å². The third-order valence-electron chi connectivity index (χ3n) is 7.48. The molecule has 0 atom stereocenters. The molecule has 0 bridgehead atoms. The summed E-state index contributed by atoms with van der Waals surface area (Å²) in [6, 6.07) is 5.26. The fraction of sp³-hybridized carbons (Fsp3) is 0.438. The van der Waals surface area contributed by atoms with Gasteiger partial charge < -0.3 is 24.9 Å². The van der Waals surface area contributed by atoms with Crippen molar-refractivity contribution in [1.82, 2.24) is 14.5 Å². The second-order valence-corrected chi connectivity index (χ2v) is 14.1. The zero-order valence-electron chi connectivity index (χ0n) is 31.0. The first-order valence-electron chi connectivity index (χ1n) is 16.3. The number of carboxylic acid groups (broad SMARTS) is 1. The van der Waals surface area contributed by atoms with Crippen molar-refractivity contribution in [2.45, 2.75) is 72.7 Å². The lowest BCUT2D eigenvalue weighted by atomic mass is 10.0. The van der Waals surface area contributed by atoms with Crippen LogP contribution in [0.25, 0.3) is 5.69 Å². The first-order valence-corrected chi connectivity index (χ1v) is 18.4. The van der Waals surface area contributed by atoms with Crippen LogP contribution in [0.2, 0.25) is 5.02 Å². The van der Waals surface area contributed by atoms with E-state index in [-0.39, 0.29) is 39.4 Å². The van der Waals surface area contributed by atoms with Crippen molar-refractivity contribution in [1.29, 1.82) is 0 Å². The van der Waals surface area contributed by atoms with Crippen molar-refractivity contribution in [2.24, 2.45) is 7.05 Å². The van der Waals surface area contributed by atoms with Crippen LogP contribution in [0.1, 0.15) is 67.7 Å². The second kappa shape index (κ2) is 20.7. The number of benzene rings is 2. The van der Waals surface area contributed by atoms with E-state index in [9.17, 15) is 57.1 Å². The molecular weight excluding hydrogens is 800 g/mol. The number of carboxylic acids is 1. The Labute approximate surface area is 321 Å². The largest absolute Gasteiger partial charge is 0.480 e. The van der Waals surface area contributed by atoms with Gasteiger partial charge in [-0.3, -0.25) is 44.3 Å². The predicted octanol–water partition coefficient (Wildman–Crippen LogP) is 5.29. The molecule has 2 aromatic carbocycles. The third-order valence-corrected chi connectivity index (χ3v) is 8.45. The van der Waals surface area contributed by atoms with E-state index < -0.39 is 71.4 Å². The number of nitro benzene ring substituents is 2. The standard InChI is InChI=1S/C16H14ClF3N2O4.C13H19N3O4.C3H8NO5P/c1-8(2)26-14(24)10-6-9(4-5-11(10)17)22-13(23)7-12(16(18,19)20)21(3)15(22)25;1-5-10(6-2)14-12-11(15(17)18)7-8(3)9(4)13(12)16(19)20;5-3(6)1-4-2-10(7,8)9/h4-8H,1-3H3;7,10,14H,5-6H2,1-4H3;4H,1-2H2,(H,5,6)(H2,7,8,9). The molecule has 0 aliphatic carbocycles. The summed E-state index contributed by atoms with van der Waals surface area (Å²) >= 11 is 5.94. The maximum Gasteiger partial charge on any atom is 0.431 e. The van der Waals surface area contributed by atoms with Crippen LogP contribution in [0, 0.1) is 34.1 Å². The highest BCUT2D eigenvalue weighted by molar-refractivity contribution is 7.51. The van der Waals surface area contributed by atoms with Crippen LogP contribution in [0.4, 0.5) is 30.2 Å². The Balaban J connectivity index is 0.000000462. The summed E-state index contributed by atoms with van der Waals surface area (Å²) in [6.45, 7) is 9.90. The normalized spacial score (nSPS) is 11.3. The number of aliphatic carboxylic acids is 1. The summed E-state index contributed by atoms with van der Waals surface area (Å²) in [7, 11) is -3.20. The molecule has 0 radical (unpaired) electrons. The maximum absolute atomic E-state index is 12.9. The van der Waals surface area contributed by atoms with Crippen molar-refractivity contribution in [3.63, 3.8) is 0 Å². The lowest BCUT2D eigenvalue weighted by Crippen LogP contribution is -2.40. The van der Waals surface area contributed by atoms with E-state index in [1.165, 1.54) is 18.2 Å². The van der Waals surface area contributed by atoms with Gasteiger partial charge in [0.15, 0.2) is 5.69 Å². The van der Waals surface area contributed by atoms with Crippen molar-refractivity contribution < 1.29 is 56.8 Å². The van der Waals surface area contributed by atoms with Gasteiger partial charge in [0.05, 0.1) is 45.1 Å². The van der Waals surface area contributed by atoms with Gasteiger partial charge >= 0.3 is 37.1 Å². The van der Waals surface area contributed by atoms with Gasteiger partial charge in [-0.25, -0.2) is 14.2 Å². The molecular formula is C32H41ClF3N6O13P. The average Bonchev–Trinajstić information content (AvgIpc) is 3.06. The summed E-state index contributed by atoms with van der Waals surface area (Å²) < 4.78 is 54.6. The molecule has 19 nitrogen and oxygen atoms in total. The zero-order chi connectivity index (χ0) is 43.5. The number of nitrogens with one attached hydrogen (secondary N) is 2. The molecule has 0 aliphatic rings. The first kappa shape index (κ1) is 48.9. The lowest BCUT2D eigenvalue weighted by molar-refractivity contribution is -0.392. The van der Waals surface area contributed by atoms with Crippen molar-refractivity contribution in [3.05, 3.63) is 98.8 Å². The Morgan fingerprint density at radius 2 is 1.61 bits per heavy atom. The van der Waals surface area contributed by atoms with Gasteiger partial charge in [-0.15, -0.1) is 0 Å². The van der Waals surface area contributed by atoms with E-state index in [0.717, 1.165) is 26.0 Å². The number of nitro groups is 2. The third kappa shape index (κ3) is 14.2. The van der Waals surface area contributed by atoms with Crippen LogP contribution >= 0.6 is 19.2 Å². The average molecular weight is 841 g/mol. The first-order chi connectivity index (χ1) is 25.7. The number of hydrogen-bond donors (Lipinski definition) is 5. The van der Waals surface area contributed by atoms with Crippen LogP contribution in [-0.2, 0) is 27.3 Å². The number of carbonyl (C=O) groups excluding carboxylic acids is 1. The molecule has 24 heteroatoms. The van der Waals surface area contributed by atoms with Crippen molar-refractivity contribution in [2.75, 3.05) is 18.1 Å². The summed E-state index contributed by atoms with van der Waals surface area (Å²) in [5.74, 6) is -1.93. The maximum atomic E-state index is 12.9. The number of alkyl halides is 3. The fourth-order valence-electron chi connectivity index (χ4n) is 4.62. The van der Waals surface area contributed by atoms with E-state index >= 15 is 0 Å². The van der Waals surface area contributed by atoms with Crippen LogP contribution in [0.5, 0.6) is 0 Å². The van der Waals surface area contributed by atoms with Crippen molar-refractivity contribution >= 4 is 48.2 Å². The Bertz CT molecular complexity index is 2100. The van der Waals surface area contributed by atoms with E-state index in [1.54, 1.807) is 27.7 Å². The smallest absolute Gasteiger partial charge is 0.431 e. The van der Waals surface area contributed by atoms with E-state index in [4.69, 9.17) is 31.2 Å². The van der Waals surface area contributed by atoms with E-state index in [1.807, 2.05) is 13.8 Å². The monoisotopic (exact) mass is 840 g/mol. The minimum Gasteiger partial charge on any atom is -0.480 e. The molecule has 310 valence electrons. The molecule has 3 rings (SSSR count). The number of hydrogen-bond acceptors (Lipinski definition) is 12. The SMILES string of the molecule is CC(C)OC(=O)c1cc(-n2c(=O)cc(C(F)(F)F)n(C)c2=O)ccc1Cl.CCC(CC)Nc1c([N+](=O)[O-])cc(C)c(C)c1[N+](=O)[O-].O=C(O)CNCP(=O)(O)O. The van der Waals surface area contributed by atoms with Gasteiger partial charge in [0.25, 0.3) is 11.2 Å². The molecule has 0 fully saturated rings. The molecule has 1 heterocycles. The number of halogens is 4. The van der Waals surface area contributed by atoms with Gasteiger partial charge in [0.2, 0.25) is 0 Å². The second-order valence-electron chi connectivity index (χ2n) is 12.0. The number of nitrogens with zero attached hydrogens (tertiary/aromatic N) is 4. The van der Waals surface area contributed by atoms with Gasteiger partial charge in [-0.2, -0.15) is 13.2 Å². The summed E-state index contributed by atoms with van der Waals surface area (Å²) in [6.07, 6.45) is -4.43. The molecule has 0 saturated carbocycles. The van der Waals surface area contributed by atoms with Crippen LogP contribution in [0.3, 0.4) is 0 Å². The van der Waals surface area contributed by atoms with E-state index in [0.29, 0.717) is 26.3 Å². The number of aryl methyl sites for hydroxylation is 1. The van der Waals surface area contributed by atoms with Crippen LogP contribution < -0.4 is 21.9 Å². The van der Waals surface area contributed by atoms with Crippen LogP contribution in [-0.4, -0.2) is 70.8 Å². The number of aromatic nitrogens is 2. The Morgan fingerprint density at radius 3 is 2.05 bits per heavy atom. The fourth-order valence-corrected chi connectivity index (χ4v) is 5.22. The molecule has 3 aromatic rings. The molecule has 0 spiro atoms. The topological polar surface area (TPSA) is 275 Å². The van der Waals surface area contributed by atoms with Gasteiger partial charge in [-0.05, 0) is 64.3 Å². The number of ether oxygens (including phenoxy) is 1.